The van der Waals surface area contributed by atoms with Gasteiger partial charge in [0.25, 0.3) is 0 Å². The number of carbonyl (C=O) groups is 1. The molecule has 0 aliphatic carbocycles. The number of rotatable bonds is 6. The van der Waals surface area contributed by atoms with E-state index in [-0.39, 0.29) is 11.8 Å². The van der Waals surface area contributed by atoms with Gasteiger partial charge in [-0.2, -0.15) is 0 Å². The predicted octanol–water partition coefficient (Wildman–Crippen LogP) is 0.590. The summed E-state index contributed by atoms with van der Waals surface area (Å²) in [6.07, 6.45) is 0. The third-order valence-corrected chi connectivity index (χ3v) is 2.19. The van der Waals surface area contributed by atoms with Crippen LogP contribution in [0.5, 0.6) is 0 Å². The van der Waals surface area contributed by atoms with E-state index in [1.807, 2.05) is 6.92 Å². The van der Waals surface area contributed by atoms with Crippen molar-refractivity contribution in [2.24, 2.45) is 17.7 Å². The highest BCUT2D eigenvalue weighted by atomic mass is 16.2. The quantitative estimate of drug-likeness (QED) is 0.376. The van der Waals surface area contributed by atoms with Crippen LogP contribution in [0.3, 0.4) is 0 Å². The summed E-state index contributed by atoms with van der Waals surface area (Å²) in [6.45, 7) is 11.1. The van der Waals surface area contributed by atoms with Crippen LogP contribution in [0.25, 0.3) is 0 Å². The summed E-state index contributed by atoms with van der Waals surface area (Å²) in [5, 5.41) is 0. The number of hydrogen-bond donors (Lipinski definition) is 2. The summed E-state index contributed by atoms with van der Waals surface area (Å²) in [4.78, 5) is 13.5. The number of carbonyl (C=O) groups excluding carboxylic acids is 1. The largest absolute Gasteiger partial charge is 0.303 e. The summed E-state index contributed by atoms with van der Waals surface area (Å²) in [5.41, 5.74) is 2.18. The van der Waals surface area contributed by atoms with Crippen LogP contribution in [-0.4, -0.2) is 30.4 Å². The molecule has 3 N–H and O–H groups in total. The minimum atomic E-state index is -0.0905. The zero-order valence-corrected chi connectivity index (χ0v) is 9.71. The van der Waals surface area contributed by atoms with Gasteiger partial charge in [-0.1, -0.05) is 27.7 Å². The molecule has 0 heterocycles. The lowest BCUT2D eigenvalue weighted by Crippen LogP contribution is -2.41. The van der Waals surface area contributed by atoms with E-state index in [1.165, 1.54) is 0 Å². The molecule has 0 spiro atoms. The molecule has 0 aromatic carbocycles. The molecule has 14 heavy (non-hydrogen) atoms. The molecule has 0 fully saturated rings. The first-order valence-electron chi connectivity index (χ1n) is 5.24. The third kappa shape index (κ3) is 5.19. The molecule has 0 bridgehead atoms. The average molecular weight is 201 g/mol. The van der Waals surface area contributed by atoms with E-state index in [1.54, 1.807) is 0 Å². The Hall–Kier alpha value is -0.610. The normalized spacial score (nSPS) is 13.4. The molecule has 0 aromatic rings. The van der Waals surface area contributed by atoms with Crippen LogP contribution in [0, 0.1) is 11.8 Å². The maximum absolute atomic E-state index is 11.2. The zero-order chi connectivity index (χ0) is 11.1. The van der Waals surface area contributed by atoms with Crippen LogP contribution < -0.4 is 11.3 Å². The summed E-state index contributed by atoms with van der Waals surface area (Å²) < 4.78 is 0. The van der Waals surface area contributed by atoms with Gasteiger partial charge in [-0.25, -0.2) is 5.84 Å². The van der Waals surface area contributed by atoms with Crippen molar-refractivity contribution in [2.45, 2.75) is 27.7 Å². The Bertz CT molecular complexity index is 171. The second-order valence-corrected chi connectivity index (χ2v) is 4.16. The molecule has 1 amide bonds. The van der Waals surface area contributed by atoms with Gasteiger partial charge < -0.3 is 4.90 Å². The summed E-state index contributed by atoms with van der Waals surface area (Å²) in [5.74, 6) is 5.57. The smallest absolute Gasteiger partial charge is 0.237 e. The van der Waals surface area contributed by atoms with Gasteiger partial charge in [0, 0.05) is 19.0 Å². The molecule has 84 valence electrons. The van der Waals surface area contributed by atoms with Gasteiger partial charge in [-0.3, -0.25) is 10.2 Å². The highest BCUT2D eigenvalue weighted by Gasteiger charge is 2.15. The van der Waals surface area contributed by atoms with Crippen molar-refractivity contribution in [3.63, 3.8) is 0 Å². The molecule has 0 aliphatic heterocycles. The van der Waals surface area contributed by atoms with Gasteiger partial charge in [-0.15, -0.1) is 0 Å². The Balaban J connectivity index is 3.97. The van der Waals surface area contributed by atoms with E-state index < -0.39 is 0 Å². The Morgan fingerprint density at radius 3 is 2.29 bits per heavy atom. The Labute approximate surface area is 86.8 Å². The molecule has 0 radical (unpaired) electrons. The van der Waals surface area contributed by atoms with Crippen molar-refractivity contribution in [2.75, 3.05) is 19.6 Å². The molecule has 1 atom stereocenters. The topological polar surface area (TPSA) is 58.4 Å². The molecule has 0 saturated carbocycles. The zero-order valence-electron chi connectivity index (χ0n) is 9.71. The van der Waals surface area contributed by atoms with E-state index >= 15 is 0 Å². The highest BCUT2D eigenvalue weighted by molar-refractivity contribution is 5.77. The number of nitrogens with zero attached hydrogens (tertiary/aromatic N) is 1. The number of nitrogens with one attached hydrogen (secondary N) is 1. The van der Waals surface area contributed by atoms with Crippen LogP contribution in [0.1, 0.15) is 27.7 Å². The van der Waals surface area contributed by atoms with Crippen LogP contribution >= 0.6 is 0 Å². The maximum atomic E-state index is 11.2. The van der Waals surface area contributed by atoms with Gasteiger partial charge in [0.15, 0.2) is 0 Å². The Morgan fingerprint density at radius 2 is 1.93 bits per heavy atom. The Morgan fingerprint density at radius 1 is 1.36 bits per heavy atom. The van der Waals surface area contributed by atoms with Gasteiger partial charge in [0.1, 0.15) is 0 Å². The third-order valence-electron chi connectivity index (χ3n) is 2.19. The van der Waals surface area contributed by atoms with Gasteiger partial charge in [-0.05, 0) is 12.5 Å². The monoisotopic (exact) mass is 201 g/mol. The van der Waals surface area contributed by atoms with Crippen molar-refractivity contribution in [1.82, 2.24) is 10.3 Å². The molecular formula is C10H23N3O. The van der Waals surface area contributed by atoms with Crippen LogP contribution in [0.4, 0.5) is 0 Å². The second kappa shape index (κ2) is 6.79. The fourth-order valence-electron chi connectivity index (χ4n) is 1.46. The lowest BCUT2D eigenvalue weighted by Gasteiger charge is -2.25. The van der Waals surface area contributed by atoms with Gasteiger partial charge >= 0.3 is 0 Å². The standard InChI is InChI=1S/C10H23N3O/c1-5-13(6-8(2)3)7-9(4)10(14)12-11/h8-9H,5-7,11H2,1-4H3,(H,12,14). The number of nitrogens with two attached hydrogens (primary N) is 1. The molecule has 0 aliphatic rings. The number of hydrazine groups is 1. The summed E-state index contributed by atoms with van der Waals surface area (Å²) in [6, 6.07) is 0. The van der Waals surface area contributed by atoms with Gasteiger partial charge in [0.2, 0.25) is 5.91 Å². The summed E-state index contributed by atoms with van der Waals surface area (Å²) >= 11 is 0. The second-order valence-electron chi connectivity index (χ2n) is 4.16. The fourth-order valence-corrected chi connectivity index (χ4v) is 1.46. The van der Waals surface area contributed by atoms with Crippen LogP contribution in [0.15, 0.2) is 0 Å². The van der Waals surface area contributed by atoms with Crippen molar-refractivity contribution in [3.05, 3.63) is 0 Å². The molecule has 4 nitrogen and oxygen atoms in total. The first-order chi connectivity index (χ1) is 6.51. The number of amides is 1. The molecular weight excluding hydrogens is 178 g/mol. The van der Waals surface area contributed by atoms with Crippen LogP contribution in [-0.2, 0) is 4.79 Å². The lowest BCUT2D eigenvalue weighted by atomic mass is 10.1. The SMILES string of the molecule is CCN(CC(C)C)CC(C)C(=O)NN. The van der Waals surface area contributed by atoms with E-state index in [9.17, 15) is 4.79 Å². The predicted molar refractivity (Wildman–Crippen MR) is 58.4 cm³/mol. The van der Waals surface area contributed by atoms with Crippen molar-refractivity contribution in [3.8, 4) is 0 Å². The lowest BCUT2D eigenvalue weighted by molar-refractivity contribution is -0.125. The average Bonchev–Trinajstić information content (AvgIpc) is 2.14. The van der Waals surface area contributed by atoms with E-state index in [0.29, 0.717) is 5.92 Å². The minimum Gasteiger partial charge on any atom is -0.303 e. The van der Waals surface area contributed by atoms with E-state index in [0.717, 1.165) is 19.6 Å². The molecule has 0 rings (SSSR count). The number of hydrogen-bond acceptors (Lipinski definition) is 3. The molecule has 4 heteroatoms. The maximum Gasteiger partial charge on any atom is 0.237 e. The highest BCUT2D eigenvalue weighted by Crippen LogP contribution is 2.03. The van der Waals surface area contributed by atoms with E-state index in [2.05, 4.69) is 31.1 Å². The first kappa shape index (κ1) is 13.4. The van der Waals surface area contributed by atoms with Crippen LogP contribution in [0.2, 0.25) is 0 Å². The van der Waals surface area contributed by atoms with E-state index in [4.69, 9.17) is 5.84 Å². The van der Waals surface area contributed by atoms with Crippen molar-refractivity contribution < 1.29 is 4.79 Å². The van der Waals surface area contributed by atoms with Gasteiger partial charge in [0.05, 0.1) is 0 Å². The molecule has 1 unspecified atom stereocenters. The molecule has 0 saturated heterocycles. The van der Waals surface area contributed by atoms with Crippen molar-refractivity contribution in [1.29, 1.82) is 0 Å². The first-order valence-corrected chi connectivity index (χ1v) is 5.24. The van der Waals surface area contributed by atoms with Crippen molar-refractivity contribution >= 4 is 5.91 Å². The molecule has 0 aromatic heterocycles. The summed E-state index contributed by atoms with van der Waals surface area (Å²) in [7, 11) is 0. The fraction of sp³-hybridized carbons (Fsp3) is 0.900. The Kier molecular flexibility index (Phi) is 6.49. The minimum absolute atomic E-state index is 0.0429.